The number of benzene rings is 1. The van der Waals surface area contributed by atoms with E-state index in [1.807, 2.05) is 19.1 Å². The van der Waals surface area contributed by atoms with Crippen LogP contribution in [0.25, 0.3) is 0 Å². The van der Waals surface area contributed by atoms with Crippen LogP contribution in [0, 0.1) is 5.92 Å². The number of carbonyl (C=O) groups is 2. The Morgan fingerprint density at radius 2 is 1.81 bits per heavy atom. The molecule has 0 radical (unpaired) electrons. The van der Waals surface area contributed by atoms with Gasteiger partial charge in [-0.05, 0) is 29.3 Å². The first-order valence-corrected chi connectivity index (χ1v) is 11.0. The Kier molecular flexibility index (Phi) is 7.29. The van der Waals surface area contributed by atoms with Crippen molar-refractivity contribution in [1.82, 2.24) is 4.72 Å². The van der Waals surface area contributed by atoms with Gasteiger partial charge in [-0.2, -0.15) is 4.72 Å². The fraction of sp³-hybridized carbons (Fsp3) is 0.368. The number of ether oxygens (including phenoxy) is 1. The van der Waals surface area contributed by atoms with Crippen LogP contribution in [0.3, 0.4) is 0 Å². The number of hydrogen-bond donors (Lipinski definition) is 1. The molecule has 0 amide bonds. The van der Waals surface area contributed by atoms with E-state index in [0.717, 1.165) is 23.3 Å². The zero-order valence-corrected chi connectivity index (χ0v) is 17.1. The Bertz CT molecular complexity index is 871. The molecule has 8 heteroatoms. The van der Waals surface area contributed by atoms with Crippen molar-refractivity contribution in [2.45, 2.75) is 37.4 Å². The van der Waals surface area contributed by atoms with Gasteiger partial charge in [-0.15, -0.1) is 11.3 Å². The summed E-state index contributed by atoms with van der Waals surface area (Å²) in [5.74, 6) is -1.45. The first-order chi connectivity index (χ1) is 12.7. The van der Waals surface area contributed by atoms with E-state index in [4.69, 9.17) is 4.74 Å². The fourth-order valence-electron chi connectivity index (χ4n) is 2.33. The SMILES string of the molecule is CCc1ccc(C(=O)COC(=O)[C@H](NS(=O)(=O)c2cccs2)C(C)C)cc1. The summed E-state index contributed by atoms with van der Waals surface area (Å²) in [6, 6.07) is 9.07. The van der Waals surface area contributed by atoms with Crippen LogP contribution in [0.15, 0.2) is 46.0 Å². The molecule has 2 aromatic rings. The van der Waals surface area contributed by atoms with Crippen LogP contribution in [-0.4, -0.2) is 32.8 Å². The molecule has 0 aliphatic rings. The molecule has 1 aromatic carbocycles. The molecule has 0 aliphatic heterocycles. The minimum Gasteiger partial charge on any atom is -0.456 e. The highest BCUT2D eigenvalue weighted by molar-refractivity contribution is 7.91. The van der Waals surface area contributed by atoms with Gasteiger partial charge in [0, 0.05) is 5.56 Å². The van der Waals surface area contributed by atoms with E-state index >= 15 is 0 Å². The minimum atomic E-state index is -3.82. The number of sulfonamides is 1. The van der Waals surface area contributed by atoms with Gasteiger partial charge in [0.1, 0.15) is 10.3 Å². The first kappa shape index (κ1) is 21.3. The highest BCUT2D eigenvalue weighted by Crippen LogP contribution is 2.18. The molecule has 146 valence electrons. The Morgan fingerprint density at radius 1 is 1.15 bits per heavy atom. The van der Waals surface area contributed by atoms with Gasteiger partial charge in [0.2, 0.25) is 0 Å². The molecular formula is C19H23NO5S2. The van der Waals surface area contributed by atoms with Gasteiger partial charge < -0.3 is 4.74 Å². The zero-order valence-electron chi connectivity index (χ0n) is 15.5. The molecular weight excluding hydrogens is 386 g/mol. The summed E-state index contributed by atoms with van der Waals surface area (Å²) in [6.45, 7) is 4.98. The number of ketones is 1. The molecule has 0 spiro atoms. The predicted molar refractivity (Wildman–Crippen MR) is 104 cm³/mol. The Labute approximate surface area is 163 Å². The zero-order chi connectivity index (χ0) is 20.0. The highest BCUT2D eigenvalue weighted by Gasteiger charge is 2.30. The average Bonchev–Trinajstić information content (AvgIpc) is 3.19. The van der Waals surface area contributed by atoms with Crippen molar-refractivity contribution in [1.29, 1.82) is 0 Å². The van der Waals surface area contributed by atoms with E-state index in [9.17, 15) is 18.0 Å². The van der Waals surface area contributed by atoms with Gasteiger partial charge in [-0.25, -0.2) is 8.42 Å². The quantitative estimate of drug-likeness (QED) is 0.508. The molecule has 0 saturated carbocycles. The summed E-state index contributed by atoms with van der Waals surface area (Å²) in [4.78, 5) is 24.6. The molecule has 1 atom stereocenters. The topological polar surface area (TPSA) is 89.5 Å². The lowest BCUT2D eigenvalue weighted by atomic mass is 10.1. The molecule has 1 heterocycles. The van der Waals surface area contributed by atoms with Crippen molar-refractivity contribution < 1.29 is 22.7 Å². The summed E-state index contributed by atoms with van der Waals surface area (Å²) in [5, 5.41) is 1.64. The molecule has 1 aromatic heterocycles. The van der Waals surface area contributed by atoms with Crippen molar-refractivity contribution in [3.8, 4) is 0 Å². The largest absolute Gasteiger partial charge is 0.456 e. The predicted octanol–water partition coefficient (Wildman–Crippen LogP) is 3.04. The molecule has 2 rings (SSSR count). The molecule has 0 saturated heterocycles. The molecule has 0 bridgehead atoms. The Balaban J connectivity index is 2.01. The van der Waals surface area contributed by atoms with E-state index in [1.165, 1.54) is 6.07 Å². The third-order valence-electron chi connectivity index (χ3n) is 3.99. The monoisotopic (exact) mass is 409 g/mol. The second kappa shape index (κ2) is 9.25. The lowest BCUT2D eigenvalue weighted by Crippen LogP contribution is -2.45. The van der Waals surface area contributed by atoms with Crippen LogP contribution in [0.1, 0.15) is 36.7 Å². The number of thiophene rings is 1. The summed E-state index contributed by atoms with van der Waals surface area (Å²) < 4.78 is 32.3. The molecule has 0 fully saturated rings. The van der Waals surface area contributed by atoms with E-state index in [-0.39, 0.29) is 15.9 Å². The second-order valence-corrected chi connectivity index (χ2v) is 9.24. The number of nitrogens with one attached hydrogen (secondary N) is 1. The molecule has 27 heavy (non-hydrogen) atoms. The van der Waals surface area contributed by atoms with Gasteiger partial charge in [0.15, 0.2) is 12.4 Å². The standard InChI is InChI=1S/C19H23NO5S2/c1-4-14-7-9-15(10-8-14)16(21)12-25-19(22)18(13(2)3)20-27(23,24)17-6-5-11-26-17/h5-11,13,18,20H,4,12H2,1-3H3/t18-/m1/s1. The lowest BCUT2D eigenvalue weighted by molar-refractivity contribution is -0.145. The Morgan fingerprint density at radius 3 is 2.33 bits per heavy atom. The normalized spacial score (nSPS) is 12.7. The van der Waals surface area contributed by atoms with E-state index in [1.54, 1.807) is 37.4 Å². The summed E-state index contributed by atoms with van der Waals surface area (Å²) in [6.07, 6.45) is 0.865. The maximum Gasteiger partial charge on any atom is 0.324 e. The van der Waals surface area contributed by atoms with Crippen LogP contribution < -0.4 is 4.72 Å². The molecule has 0 aliphatic carbocycles. The highest BCUT2D eigenvalue weighted by atomic mass is 32.2. The van der Waals surface area contributed by atoms with Gasteiger partial charge in [-0.1, -0.05) is 51.1 Å². The van der Waals surface area contributed by atoms with Crippen molar-refractivity contribution in [2.75, 3.05) is 6.61 Å². The summed E-state index contributed by atoms with van der Waals surface area (Å²) in [7, 11) is -3.82. The van der Waals surface area contributed by atoms with E-state index in [0.29, 0.717) is 5.56 Å². The number of esters is 1. The fourth-order valence-corrected chi connectivity index (χ4v) is 4.68. The third kappa shape index (κ3) is 5.72. The average molecular weight is 410 g/mol. The number of hydrogen-bond acceptors (Lipinski definition) is 6. The van der Waals surface area contributed by atoms with Crippen LogP contribution >= 0.6 is 11.3 Å². The Hall–Kier alpha value is -2.03. The van der Waals surface area contributed by atoms with Gasteiger partial charge in [0.05, 0.1) is 0 Å². The third-order valence-corrected chi connectivity index (χ3v) is 6.83. The van der Waals surface area contributed by atoms with Crippen LogP contribution in [-0.2, 0) is 26.0 Å². The molecule has 0 unspecified atom stereocenters. The summed E-state index contributed by atoms with van der Waals surface area (Å²) in [5.41, 5.74) is 1.55. The van der Waals surface area contributed by atoms with Crippen molar-refractivity contribution in [2.24, 2.45) is 5.92 Å². The number of carbonyl (C=O) groups excluding carboxylic acids is 2. The van der Waals surface area contributed by atoms with Crippen LogP contribution in [0.2, 0.25) is 0 Å². The maximum atomic E-state index is 12.4. The lowest BCUT2D eigenvalue weighted by Gasteiger charge is -2.20. The van der Waals surface area contributed by atoms with Gasteiger partial charge in [-0.3, -0.25) is 9.59 Å². The van der Waals surface area contributed by atoms with Crippen LogP contribution in [0.5, 0.6) is 0 Å². The second-order valence-electron chi connectivity index (χ2n) is 6.36. The molecule has 1 N–H and O–H groups in total. The maximum absolute atomic E-state index is 12.4. The van der Waals surface area contributed by atoms with Crippen molar-refractivity contribution in [3.05, 3.63) is 52.9 Å². The van der Waals surface area contributed by atoms with E-state index in [2.05, 4.69) is 4.72 Å². The van der Waals surface area contributed by atoms with Crippen molar-refractivity contribution in [3.63, 3.8) is 0 Å². The molecule has 6 nitrogen and oxygen atoms in total. The van der Waals surface area contributed by atoms with Gasteiger partial charge >= 0.3 is 5.97 Å². The first-order valence-electron chi connectivity index (χ1n) is 8.59. The number of aryl methyl sites for hydroxylation is 1. The van der Waals surface area contributed by atoms with Crippen molar-refractivity contribution >= 4 is 33.1 Å². The van der Waals surface area contributed by atoms with Crippen LogP contribution in [0.4, 0.5) is 0 Å². The van der Waals surface area contributed by atoms with Gasteiger partial charge in [0.25, 0.3) is 10.0 Å². The number of Topliss-reactive ketones (excluding diaryl/α,β-unsaturated/α-hetero) is 1. The van der Waals surface area contributed by atoms with E-state index < -0.39 is 28.6 Å². The minimum absolute atomic E-state index is 0.119. The smallest absolute Gasteiger partial charge is 0.324 e. The number of rotatable bonds is 9. The summed E-state index contributed by atoms with van der Waals surface area (Å²) >= 11 is 1.06.